The standard InChI is InChI=1S/C15H20BrNO2/c1-19-10-14(6-7-16)17-15(18)13-8-11-4-2-3-5-12(11)9-13/h2-5,13-14H,6-10H2,1H3,(H,17,18). The molecule has 4 heteroatoms. The number of rotatable bonds is 6. The highest BCUT2D eigenvalue weighted by Gasteiger charge is 2.28. The van der Waals surface area contributed by atoms with E-state index in [0.717, 1.165) is 24.6 Å². The lowest BCUT2D eigenvalue weighted by Gasteiger charge is -2.19. The number of amides is 1. The fourth-order valence-corrected chi connectivity index (χ4v) is 3.15. The third-order valence-electron chi connectivity index (χ3n) is 3.59. The summed E-state index contributed by atoms with van der Waals surface area (Å²) in [6.07, 6.45) is 2.60. The van der Waals surface area contributed by atoms with Gasteiger partial charge in [-0.25, -0.2) is 0 Å². The highest BCUT2D eigenvalue weighted by molar-refractivity contribution is 9.09. The van der Waals surface area contributed by atoms with Gasteiger partial charge in [0.1, 0.15) is 0 Å². The van der Waals surface area contributed by atoms with Crippen LogP contribution in [0.3, 0.4) is 0 Å². The molecule has 3 nitrogen and oxygen atoms in total. The minimum absolute atomic E-state index is 0.0760. The van der Waals surface area contributed by atoms with E-state index in [1.54, 1.807) is 7.11 Å². The van der Waals surface area contributed by atoms with E-state index in [1.807, 2.05) is 12.1 Å². The number of carbonyl (C=O) groups is 1. The van der Waals surface area contributed by atoms with Gasteiger partial charge in [-0.3, -0.25) is 4.79 Å². The van der Waals surface area contributed by atoms with Crippen molar-refractivity contribution in [3.05, 3.63) is 35.4 Å². The Labute approximate surface area is 122 Å². The summed E-state index contributed by atoms with van der Waals surface area (Å²) in [5.41, 5.74) is 2.62. The second-order valence-corrected chi connectivity index (χ2v) is 5.81. The van der Waals surface area contributed by atoms with E-state index in [1.165, 1.54) is 11.1 Å². The Bertz CT molecular complexity index is 405. The van der Waals surface area contributed by atoms with Gasteiger partial charge in [-0.1, -0.05) is 40.2 Å². The molecule has 1 atom stereocenters. The van der Waals surface area contributed by atoms with Crippen molar-refractivity contribution in [1.29, 1.82) is 0 Å². The first-order valence-corrected chi connectivity index (χ1v) is 7.78. The summed E-state index contributed by atoms with van der Waals surface area (Å²) in [5, 5.41) is 3.97. The summed E-state index contributed by atoms with van der Waals surface area (Å²) < 4.78 is 5.15. The number of ether oxygens (including phenoxy) is 1. The molecule has 0 saturated heterocycles. The van der Waals surface area contributed by atoms with Gasteiger partial charge in [0, 0.05) is 18.4 Å². The summed E-state index contributed by atoms with van der Waals surface area (Å²) in [7, 11) is 1.67. The molecule has 104 valence electrons. The predicted molar refractivity (Wildman–Crippen MR) is 79.6 cm³/mol. The molecule has 1 amide bonds. The van der Waals surface area contributed by atoms with Crippen LogP contribution >= 0.6 is 15.9 Å². The van der Waals surface area contributed by atoms with E-state index in [-0.39, 0.29) is 17.9 Å². The number of methoxy groups -OCH3 is 1. The zero-order chi connectivity index (χ0) is 13.7. The molecule has 1 aliphatic rings. The first-order chi connectivity index (χ1) is 9.24. The molecule has 19 heavy (non-hydrogen) atoms. The molecule has 0 aromatic heterocycles. The maximum atomic E-state index is 12.3. The number of hydrogen-bond donors (Lipinski definition) is 1. The van der Waals surface area contributed by atoms with Gasteiger partial charge in [0.2, 0.25) is 5.91 Å². The van der Waals surface area contributed by atoms with Crippen LogP contribution in [0.2, 0.25) is 0 Å². The number of nitrogens with one attached hydrogen (secondary N) is 1. The molecular weight excluding hydrogens is 306 g/mol. The van der Waals surface area contributed by atoms with Crippen LogP contribution in [-0.4, -0.2) is 31.0 Å². The van der Waals surface area contributed by atoms with Gasteiger partial charge in [0.25, 0.3) is 0 Å². The Morgan fingerprint density at radius 1 is 1.42 bits per heavy atom. The maximum absolute atomic E-state index is 12.3. The van der Waals surface area contributed by atoms with Crippen LogP contribution in [0.5, 0.6) is 0 Å². The molecule has 0 aliphatic heterocycles. The molecule has 0 heterocycles. The van der Waals surface area contributed by atoms with Gasteiger partial charge in [-0.2, -0.15) is 0 Å². The molecule has 1 aliphatic carbocycles. The monoisotopic (exact) mass is 325 g/mol. The predicted octanol–water partition coefficient (Wildman–Crippen LogP) is 2.32. The van der Waals surface area contributed by atoms with Crippen LogP contribution in [-0.2, 0) is 22.4 Å². The maximum Gasteiger partial charge on any atom is 0.224 e. The average molecular weight is 326 g/mol. The minimum Gasteiger partial charge on any atom is -0.383 e. The number of halogens is 1. The topological polar surface area (TPSA) is 38.3 Å². The van der Waals surface area contributed by atoms with Gasteiger partial charge in [0.15, 0.2) is 0 Å². The average Bonchev–Trinajstić information content (AvgIpc) is 2.83. The number of alkyl halides is 1. The third kappa shape index (κ3) is 3.80. The Hall–Kier alpha value is -0.870. The molecule has 0 spiro atoms. The van der Waals surface area contributed by atoms with Crippen LogP contribution in [0.4, 0.5) is 0 Å². The number of hydrogen-bond acceptors (Lipinski definition) is 2. The molecule has 1 aromatic carbocycles. The van der Waals surface area contributed by atoms with Crippen molar-refractivity contribution in [3.8, 4) is 0 Å². The van der Waals surface area contributed by atoms with Crippen molar-refractivity contribution in [2.75, 3.05) is 19.0 Å². The van der Waals surface area contributed by atoms with Gasteiger partial charge in [0.05, 0.1) is 12.6 Å². The molecule has 0 radical (unpaired) electrons. The van der Waals surface area contributed by atoms with Crippen LogP contribution in [0.1, 0.15) is 17.5 Å². The van der Waals surface area contributed by atoms with E-state index in [9.17, 15) is 4.79 Å². The Morgan fingerprint density at radius 3 is 2.58 bits per heavy atom. The van der Waals surface area contributed by atoms with Crippen LogP contribution < -0.4 is 5.32 Å². The lowest BCUT2D eigenvalue weighted by atomic mass is 10.0. The summed E-state index contributed by atoms with van der Waals surface area (Å²) in [4.78, 5) is 12.3. The van der Waals surface area contributed by atoms with Crippen molar-refractivity contribution in [1.82, 2.24) is 5.32 Å². The van der Waals surface area contributed by atoms with Crippen LogP contribution in [0, 0.1) is 5.92 Å². The summed E-state index contributed by atoms with van der Waals surface area (Å²) >= 11 is 3.41. The molecule has 2 rings (SSSR count). The number of fused-ring (bicyclic) bond motifs is 1. The zero-order valence-electron chi connectivity index (χ0n) is 11.2. The van der Waals surface area contributed by atoms with Crippen molar-refractivity contribution >= 4 is 21.8 Å². The van der Waals surface area contributed by atoms with Gasteiger partial charge in [-0.05, 0) is 30.4 Å². The molecule has 0 saturated carbocycles. The first-order valence-electron chi connectivity index (χ1n) is 6.66. The quantitative estimate of drug-likeness (QED) is 0.815. The van der Waals surface area contributed by atoms with E-state index in [2.05, 4.69) is 33.4 Å². The van der Waals surface area contributed by atoms with Crippen molar-refractivity contribution in [3.63, 3.8) is 0 Å². The third-order valence-corrected chi connectivity index (χ3v) is 4.05. The van der Waals surface area contributed by atoms with Gasteiger partial charge >= 0.3 is 0 Å². The Kier molecular flexibility index (Phi) is 5.40. The number of carbonyl (C=O) groups excluding carboxylic acids is 1. The molecule has 0 fully saturated rings. The van der Waals surface area contributed by atoms with E-state index in [4.69, 9.17) is 4.74 Å². The summed E-state index contributed by atoms with van der Waals surface area (Å²) in [5.74, 6) is 0.228. The molecule has 1 N–H and O–H groups in total. The lowest BCUT2D eigenvalue weighted by Crippen LogP contribution is -2.42. The highest BCUT2D eigenvalue weighted by Crippen LogP contribution is 2.26. The number of benzene rings is 1. The second kappa shape index (κ2) is 7.06. The van der Waals surface area contributed by atoms with Crippen molar-refractivity contribution < 1.29 is 9.53 Å². The summed E-state index contributed by atoms with van der Waals surface area (Å²) in [6.45, 7) is 0.566. The van der Waals surface area contributed by atoms with Gasteiger partial charge in [-0.15, -0.1) is 0 Å². The minimum atomic E-state index is 0.0760. The molecule has 0 bridgehead atoms. The largest absolute Gasteiger partial charge is 0.383 e. The molecular formula is C15H20BrNO2. The van der Waals surface area contributed by atoms with E-state index < -0.39 is 0 Å². The Balaban J connectivity index is 1.91. The first kappa shape index (κ1) is 14.5. The van der Waals surface area contributed by atoms with Gasteiger partial charge < -0.3 is 10.1 Å². The summed E-state index contributed by atoms with van der Waals surface area (Å²) in [6, 6.07) is 8.41. The SMILES string of the molecule is COCC(CCBr)NC(=O)C1Cc2ccccc2C1. The van der Waals surface area contributed by atoms with Crippen molar-refractivity contribution in [2.24, 2.45) is 5.92 Å². The van der Waals surface area contributed by atoms with Crippen molar-refractivity contribution in [2.45, 2.75) is 25.3 Å². The Morgan fingerprint density at radius 2 is 2.05 bits per heavy atom. The fourth-order valence-electron chi connectivity index (χ4n) is 2.59. The normalized spacial score (nSPS) is 16.1. The second-order valence-electron chi connectivity index (χ2n) is 5.01. The van der Waals surface area contributed by atoms with Crippen LogP contribution in [0.25, 0.3) is 0 Å². The molecule has 1 aromatic rings. The zero-order valence-corrected chi connectivity index (χ0v) is 12.8. The fraction of sp³-hybridized carbons (Fsp3) is 0.533. The highest BCUT2D eigenvalue weighted by atomic mass is 79.9. The molecule has 1 unspecified atom stereocenters. The van der Waals surface area contributed by atoms with E-state index >= 15 is 0 Å². The van der Waals surface area contributed by atoms with Crippen LogP contribution in [0.15, 0.2) is 24.3 Å². The lowest BCUT2D eigenvalue weighted by molar-refractivity contribution is -0.125. The van der Waals surface area contributed by atoms with E-state index in [0.29, 0.717) is 6.61 Å². The smallest absolute Gasteiger partial charge is 0.224 e.